The highest BCUT2D eigenvalue weighted by molar-refractivity contribution is 9.13. The molecule has 0 saturated heterocycles. The number of para-hydroxylation sites is 1. The fraction of sp³-hybridized carbons (Fsp3) is 0.273. The summed E-state index contributed by atoms with van der Waals surface area (Å²) in [5.41, 5.74) is 0.572. The van der Waals surface area contributed by atoms with Gasteiger partial charge in [-0.05, 0) is 12.1 Å². The molecule has 2 aromatic rings. The largest absolute Gasteiger partial charge is 0.449 e. The predicted octanol–water partition coefficient (Wildman–Crippen LogP) is 5.67. The van der Waals surface area contributed by atoms with Crippen molar-refractivity contribution in [1.29, 1.82) is 5.26 Å². The van der Waals surface area contributed by atoms with Crippen molar-refractivity contribution in [3.8, 4) is 11.8 Å². The SMILES string of the molecule is C=CC1(Br)C(C)(C)C1(Br)C(=O)OC(Oc1ccccc1C#N)c1ccccc1. The fourth-order valence-electron chi connectivity index (χ4n) is 3.33. The van der Waals surface area contributed by atoms with Gasteiger partial charge in [0.2, 0.25) is 0 Å². The first-order chi connectivity index (χ1) is 13.2. The van der Waals surface area contributed by atoms with Gasteiger partial charge in [-0.25, -0.2) is 0 Å². The number of esters is 1. The number of alkyl halides is 2. The number of hydrogen-bond acceptors (Lipinski definition) is 4. The van der Waals surface area contributed by atoms with E-state index in [1.807, 2.05) is 32.0 Å². The van der Waals surface area contributed by atoms with Crippen molar-refractivity contribution in [2.45, 2.75) is 28.8 Å². The lowest BCUT2D eigenvalue weighted by Crippen LogP contribution is -2.30. The van der Waals surface area contributed by atoms with Crippen LogP contribution in [0.1, 0.15) is 31.3 Å². The van der Waals surface area contributed by atoms with E-state index in [1.165, 1.54) is 0 Å². The lowest BCUT2D eigenvalue weighted by atomic mass is 10.1. The number of rotatable bonds is 6. The van der Waals surface area contributed by atoms with Crippen LogP contribution in [0.2, 0.25) is 0 Å². The van der Waals surface area contributed by atoms with Crippen molar-refractivity contribution in [2.24, 2.45) is 5.41 Å². The highest BCUT2D eigenvalue weighted by Crippen LogP contribution is 2.75. The maximum Gasteiger partial charge on any atom is 0.328 e. The van der Waals surface area contributed by atoms with Gasteiger partial charge in [0, 0.05) is 11.0 Å². The topological polar surface area (TPSA) is 59.3 Å². The Labute approximate surface area is 181 Å². The van der Waals surface area contributed by atoms with Gasteiger partial charge in [-0.2, -0.15) is 5.26 Å². The maximum atomic E-state index is 13.2. The zero-order chi connectivity index (χ0) is 20.6. The number of carbonyl (C=O) groups excluding carboxylic acids is 1. The van der Waals surface area contributed by atoms with Crippen LogP contribution in [0.25, 0.3) is 0 Å². The number of nitrogens with zero attached hydrogens (tertiary/aromatic N) is 1. The van der Waals surface area contributed by atoms with Gasteiger partial charge in [-0.15, -0.1) is 6.58 Å². The molecule has 4 nitrogen and oxygen atoms in total. The lowest BCUT2D eigenvalue weighted by molar-refractivity contribution is -0.165. The highest BCUT2D eigenvalue weighted by atomic mass is 79.9. The Morgan fingerprint density at radius 3 is 2.32 bits per heavy atom. The maximum absolute atomic E-state index is 13.2. The minimum absolute atomic E-state index is 0.346. The molecule has 6 heteroatoms. The van der Waals surface area contributed by atoms with Crippen LogP contribution in [0.3, 0.4) is 0 Å². The molecule has 0 bridgehead atoms. The van der Waals surface area contributed by atoms with E-state index in [0.717, 1.165) is 0 Å². The van der Waals surface area contributed by atoms with Crippen LogP contribution >= 0.6 is 31.9 Å². The zero-order valence-corrected chi connectivity index (χ0v) is 18.7. The van der Waals surface area contributed by atoms with Gasteiger partial charge in [0.1, 0.15) is 16.1 Å². The number of hydrogen-bond donors (Lipinski definition) is 0. The van der Waals surface area contributed by atoms with E-state index in [2.05, 4.69) is 44.5 Å². The Hall–Kier alpha value is -2.10. The summed E-state index contributed by atoms with van der Waals surface area (Å²) in [4.78, 5) is 13.2. The monoisotopic (exact) mass is 503 g/mol. The van der Waals surface area contributed by atoms with Crippen LogP contribution < -0.4 is 4.74 Å². The fourth-order valence-corrected chi connectivity index (χ4v) is 5.41. The molecule has 28 heavy (non-hydrogen) atoms. The van der Waals surface area contributed by atoms with Crippen molar-refractivity contribution < 1.29 is 14.3 Å². The van der Waals surface area contributed by atoms with Gasteiger partial charge in [-0.3, -0.25) is 4.79 Å². The van der Waals surface area contributed by atoms with Crippen molar-refractivity contribution >= 4 is 37.8 Å². The number of allylic oxidation sites excluding steroid dienone is 1. The van der Waals surface area contributed by atoms with Gasteiger partial charge in [0.05, 0.1) is 9.89 Å². The van der Waals surface area contributed by atoms with E-state index < -0.39 is 26.3 Å². The molecule has 3 rings (SSSR count). The van der Waals surface area contributed by atoms with E-state index in [0.29, 0.717) is 16.9 Å². The van der Waals surface area contributed by atoms with E-state index in [-0.39, 0.29) is 0 Å². The Balaban J connectivity index is 1.93. The number of benzene rings is 2. The number of ether oxygens (including phenoxy) is 2. The molecule has 3 atom stereocenters. The molecule has 0 aliphatic heterocycles. The normalized spacial score (nSPS) is 25.8. The predicted molar refractivity (Wildman–Crippen MR) is 114 cm³/mol. The third-order valence-electron chi connectivity index (χ3n) is 5.30. The smallest absolute Gasteiger partial charge is 0.328 e. The summed E-state index contributed by atoms with van der Waals surface area (Å²) < 4.78 is 10.1. The molecule has 1 aliphatic rings. The van der Waals surface area contributed by atoms with Gasteiger partial charge in [-0.1, -0.05) is 94.2 Å². The zero-order valence-electron chi connectivity index (χ0n) is 15.5. The molecule has 0 amide bonds. The van der Waals surface area contributed by atoms with Crippen LogP contribution in [0.15, 0.2) is 67.3 Å². The molecule has 3 unspecified atom stereocenters. The molecular formula is C22H19Br2NO3. The van der Waals surface area contributed by atoms with Crippen LogP contribution in [0.4, 0.5) is 0 Å². The second kappa shape index (κ2) is 7.38. The van der Waals surface area contributed by atoms with Gasteiger partial charge in [0.25, 0.3) is 6.29 Å². The van der Waals surface area contributed by atoms with Crippen LogP contribution in [-0.2, 0) is 9.53 Å². The average Bonchev–Trinajstić information content (AvgIpc) is 3.08. The van der Waals surface area contributed by atoms with Crippen LogP contribution in [-0.4, -0.2) is 14.6 Å². The molecule has 1 saturated carbocycles. The molecule has 1 fully saturated rings. The number of nitriles is 1. The molecule has 1 aliphatic carbocycles. The lowest BCUT2D eigenvalue weighted by Gasteiger charge is -2.23. The summed E-state index contributed by atoms with van der Waals surface area (Å²) in [6, 6.07) is 18.1. The van der Waals surface area contributed by atoms with Crippen molar-refractivity contribution in [1.82, 2.24) is 0 Å². The second-order valence-electron chi connectivity index (χ2n) is 7.07. The van der Waals surface area contributed by atoms with Gasteiger partial charge >= 0.3 is 5.97 Å². The number of halogens is 2. The third kappa shape index (κ3) is 2.98. The average molecular weight is 505 g/mol. The third-order valence-corrected chi connectivity index (χ3v) is 9.68. The summed E-state index contributed by atoms with van der Waals surface area (Å²) in [6.45, 7) is 7.74. The summed E-state index contributed by atoms with van der Waals surface area (Å²) in [5, 5.41) is 9.33. The van der Waals surface area contributed by atoms with Gasteiger partial charge in [0.15, 0.2) is 0 Å². The van der Waals surface area contributed by atoms with E-state index >= 15 is 0 Å². The van der Waals surface area contributed by atoms with Crippen molar-refractivity contribution in [3.05, 3.63) is 78.4 Å². The Bertz CT molecular complexity index is 954. The first-order valence-electron chi connectivity index (χ1n) is 8.66. The first-order valence-corrected chi connectivity index (χ1v) is 10.2. The quantitative estimate of drug-likeness (QED) is 0.220. The summed E-state index contributed by atoms with van der Waals surface area (Å²) >= 11 is 7.19. The molecule has 0 aromatic heterocycles. The summed E-state index contributed by atoms with van der Waals surface area (Å²) in [7, 11) is 0. The molecule has 0 N–H and O–H groups in total. The Morgan fingerprint density at radius 2 is 1.75 bits per heavy atom. The Kier molecular flexibility index (Phi) is 5.44. The summed E-state index contributed by atoms with van der Waals surface area (Å²) in [6.07, 6.45) is 0.697. The van der Waals surface area contributed by atoms with Crippen LogP contribution in [0.5, 0.6) is 5.75 Å². The molecule has 0 radical (unpaired) electrons. The second-order valence-corrected chi connectivity index (χ2v) is 9.51. The van der Waals surface area contributed by atoms with Gasteiger partial charge < -0.3 is 9.47 Å². The minimum atomic E-state index is -1.00. The van der Waals surface area contributed by atoms with E-state index in [1.54, 1.807) is 42.5 Å². The molecule has 0 heterocycles. The van der Waals surface area contributed by atoms with Crippen LogP contribution in [0, 0.1) is 16.7 Å². The molecule has 144 valence electrons. The van der Waals surface area contributed by atoms with E-state index in [4.69, 9.17) is 9.47 Å². The van der Waals surface area contributed by atoms with E-state index in [9.17, 15) is 10.1 Å². The molecule has 2 aromatic carbocycles. The van der Waals surface area contributed by atoms with Crippen molar-refractivity contribution in [2.75, 3.05) is 0 Å². The summed E-state index contributed by atoms with van der Waals surface area (Å²) in [5.74, 6) is -0.128. The highest BCUT2D eigenvalue weighted by Gasteiger charge is 2.84. The molecule has 0 spiro atoms. The standard InChI is InChI=1S/C22H19Br2NO3/c1-4-21(23)20(2,3)22(21,24)19(26)28-18(15-10-6-5-7-11-15)27-17-13-9-8-12-16(17)14-25/h4-13,18H,1H2,2-3H3. The molecular weight excluding hydrogens is 486 g/mol. The number of carbonyl (C=O) groups is 1. The first kappa shape index (κ1) is 20.6. The van der Waals surface area contributed by atoms with Crippen molar-refractivity contribution in [3.63, 3.8) is 0 Å². The minimum Gasteiger partial charge on any atom is -0.449 e. The Morgan fingerprint density at radius 1 is 1.14 bits per heavy atom.